The van der Waals surface area contributed by atoms with Gasteiger partial charge in [0.05, 0.1) is 6.54 Å². The number of aliphatic carboxylic acids is 1. The minimum atomic E-state index is -1.18. The van der Waals surface area contributed by atoms with E-state index in [1.807, 2.05) is 6.92 Å². The predicted molar refractivity (Wildman–Crippen MR) is 128 cm³/mol. The van der Waals surface area contributed by atoms with Gasteiger partial charge < -0.3 is 43.2 Å². The molecule has 34 heavy (non-hydrogen) atoms. The van der Waals surface area contributed by atoms with Gasteiger partial charge in [0.25, 0.3) is 0 Å². The van der Waals surface area contributed by atoms with Crippen LogP contribution in [0.15, 0.2) is 4.99 Å². The van der Waals surface area contributed by atoms with Crippen molar-refractivity contribution in [2.75, 3.05) is 32.7 Å². The molecule has 0 saturated carbocycles. The summed E-state index contributed by atoms with van der Waals surface area (Å²) >= 11 is 0. The second-order valence-corrected chi connectivity index (χ2v) is 8.21. The van der Waals surface area contributed by atoms with Gasteiger partial charge in [-0.15, -0.1) is 0 Å². The first-order valence-corrected chi connectivity index (χ1v) is 11.8. The standard InChI is InChI=1S/C21H40N8O5/c1-2-25-10-4-3-7-14(27-17(30)13-22)19(32)29-12-6-9-16(29)18(31)28-15(20(33)34)8-5-11-26-21(23)24/h14-16,25H,2-13,22H2,1H3,(H,27,30)(H,28,31)(H,33,34)(H4,23,24,26)/t14-,15-,16-/m0/s1. The molecule has 1 heterocycles. The van der Waals surface area contributed by atoms with Crippen molar-refractivity contribution in [3.8, 4) is 0 Å². The van der Waals surface area contributed by atoms with Crippen LogP contribution in [0.25, 0.3) is 0 Å². The Hall–Kier alpha value is -2.93. The summed E-state index contributed by atoms with van der Waals surface area (Å²) in [5.74, 6) is -2.60. The maximum Gasteiger partial charge on any atom is 0.326 e. The van der Waals surface area contributed by atoms with Gasteiger partial charge in [-0.05, 0) is 58.0 Å². The predicted octanol–water partition coefficient (Wildman–Crippen LogP) is -2.18. The zero-order chi connectivity index (χ0) is 25.5. The average Bonchev–Trinajstić information content (AvgIpc) is 3.29. The van der Waals surface area contributed by atoms with E-state index < -0.39 is 35.9 Å². The molecular formula is C21H40N8O5. The number of carboxylic acid groups (broad SMARTS) is 1. The number of nitrogens with two attached hydrogens (primary N) is 3. The summed E-state index contributed by atoms with van der Waals surface area (Å²) in [4.78, 5) is 54.9. The molecule has 0 aliphatic carbocycles. The minimum absolute atomic E-state index is 0.0890. The molecule has 1 aliphatic rings. The molecule has 13 heteroatoms. The molecule has 3 amide bonds. The Bertz CT molecular complexity index is 713. The number of carbonyl (C=O) groups is 4. The Labute approximate surface area is 200 Å². The molecule has 0 unspecified atom stereocenters. The summed E-state index contributed by atoms with van der Waals surface area (Å²) in [6.07, 6.45) is 3.47. The van der Waals surface area contributed by atoms with Crippen molar-refractivity contribution < 1.29 is 24.3 Å². The van der Waals surface area contributed by atoms with Crippen LogP contribution in [-0.2, 0) is 19.2 Å². The number of likely N-dealkylation sites (tertiary alicyclic amines) is 1. The number of nitrogens with zero attached hydrogens (tertiary/aromatic N) is 2. The maximum absolute atomic E-state index is 13.2. The van der Waals surface area contributed by atoms with Crippen molar-refractivity contribution in [3.05, 3.63) is 0 Å². The van der Waals surface area contributed by atoms with E-state index in [1.165, 1.54) is 4.90 Å². The quantitative estimate of drug-likeness (QED) is 0.0718. The van der Waals surface area contributed by atoms with Gasteiger partial charge in [0.15, 0.2) is 5.96 Å². The molecule has 0 radical (unpaired) electrons. The highest BCUT2D eigenvalue weighted by Gasteiger charge is 2.38. The van der Waals surface area contributed by atoms with Gasteiger partial charge >= 0.3 is 5.97 Å². The van der Waals surface area contributed by atoms with Crippen LogP contribution in [0.1, 0.15) is 51.9 Å². The molecule has 3 atom stereocenters. The van der Waals surface area contributed by atoms with Crippen molar-refractivity contribution in [1.82, 2.24) is 20.9 Å². The van der Waals surface area contributed by atoms with Gasteiger partial charge in [0.2, 0.25) is 17.7 Å². The fourth-order valence-corrected chi connectivity index (χ4v) is 3.82. The van der Waals surface area contributed by atoms with Gasteiger partial charge in [0, 0.05) is 13.1 Å². The van der Waals surface area contributed by atoms with Crippen LogP contribution in [0.4, 0.5) is 0 Å². The topological polar surface area (TPSA) is 218 Å². The molecular weight excluding hydrogens is 444 g/mol. The van der Waals surface area contributed by atoms with Gasteiger partial charge in [-0.2, -0.15) is 0 Å². The van der Waals surface area contributed by atoms with Crippen molar-refractivity contribution in [3.63, 3.8) is 0 Å². The molecule has 0 spiro atoms. The third kappa shape index (κ3) is 10.3. The molecule has 194 valence electrons. The molecule has 0 aromatic rings. The number of hydrogen-bond donors (Lipinski definition) is 7. The van der Waals surface area contributed by atoms with Crippen LogP contribution >= 0.6 is 0 Å². The first-order chi connectivity index (χ1) is 16.2. The van der Waals surface area contributed by atoms with Crippen LogP contribution in [0.2, 0.25) is 0 Å². The number of aliphatic imine (C=N–C) groups is 1. The van der Waals surface area contributed by atoms with E-state index in [2.05, 4.69) is 20.9 Å². The number of carboxylic acids is 1. The van der Waals surface area contributed by atoms with E-state index in [4.69, 9.17) is 17.2 Å². The molecule has 0 aromatic carbocycles. The van der Waals surface area contributed by atoms with Crippen molar-refractivity contribution in [1.29, 1.82) is 0 Å². The van der Waals surface area contributed by atoms with E-state index in [9.17, 15) is 24.3 Å². The van der Waals surface area contributed by atoms with E-state index in [0.717, 1.165) is 19.5 Å². The van der Waals surface area contributed by atoms with Crippen LogP contribution in [-0.4, -0.2) is 90.5 Å². The summed E-state index contributed by atoms with van der Waals surface area (Å²) in [5.41, 5.74) is 15.9. The van der Waals surface area contributed by atoms with E-state index in [1.54, 1.807) is 0 Å². The first kappa shape index (κ1) is 29.1. The second-order valence-electron chi connectivity index (χ2n) is 8.21. The lowest BCUT2D eigenvalue weighted by Gasteiger charge is -2.29. The molecule has 10 N–H and O–H groups in total. The molecule has 1 saturated heterocycles. The molecule has 0 bridgehead atoms. The Morgan fingerprint density at radius 2 is 1.79 bits per heavy atom. The molecule has 1 fully saturated rings. The number of nitrogens with one attached hydrogen (secondary N) is 3. The van der Waals surface area contributed by atoms with Crippen LogP contribution < -0.4 is 33.2 Å². The molecule has 0 aromatic heterocycles. The monoisotopic (exact) mass is 484 g/mol. The fourth-order valence-electron chi connectivity index (χ4n) is 3.82. The number of hydrogen-bond acceptors (Lipinski definition) is 7. The second kappa shape index (κ2) is 15.8. The third-order valence-electron chi connectivity index (χ3n) is 5.56. The first-order valence-electron chi connectivity index (χ1n) is 11.8. The average molecular weight is 485 g/mol. The highest BCUT2D eigenvalue weighted by molar-refractivity contribution is 5.94. The SMILES string of the molecule is CCNCCCC[C@H](NC(=O)CN)C(=O)N1CCC[C@H]1C(=O)N[C@@H](CCCN=C(N)N)C(=O)O. The normalized spacial score (nSPS) is 17.0. The van der Waals surface area contributed by atoms with Gasteiger partial charge in [-0.3, -0.25) is 19.4 Å². The number of amides is 3. The Balaban J connectivity index is 2.79. The Morgan fingerprint density at radius 3 is 2.41 bits per heavy atom. The zero-order valence-electron chi connectivity index (χ0n) is 19.9. The molecule has 1 aliphatic heterocycles. The summed E-state index contributed by atoms with van der Waals surface area (Å²) < 4.78 is 0. The third-order valence-corrected chi connectivity index (χ3v) is 5.56. The summed E-state index contributed by atoms with van der Waals surface area (Å²) in [6, 6.07) is -2.72. The van der Waals surface area contributed by atoms with Crippen molar-refractivity contribution >= 4 is 29.7 Å². The smallest absolute Gasteiger partial charge is 0.326 e. The Morgan fingerprint density at radius 1 is 1.09 bits per heavy atom. The Kier molecular flexibility index (Phi) is 13.5. The van der Waals surface area contributed by atoms with Gasteiger partial charge in [0.1, 0.15) is 18.1 Å². The van der Waals surface area contributed by atoms with Gasteiger partial charge in [-0.25, -0.2) is 4.79 Å². The molecule has 1 rings (SSSR count). The number of unbranched alkanes of at least 4 members (excludes halogenated alkanes) is 1. The number of guanidine groups is 1. The fraction of sp³-hybridized carbons (Fsp3) is 0.762. The number of rotatable bonds is 16. The lowest BCUT2D eigenvalue weighted by molar-refractivity contribution is -0.145. The van der Waals surface area contributed by atoms with Crippen molar-refractivity contribution in [2.24, 2.45) is 22.2 Å². The van der Waals surface area contributed by atoms with Gasteiger partial charge in [-0.1, -0.05) is 6.92 Å². The van der Waals surface area contributed by atoms with Crippen molar-refractivity contribution in [2.45, 2.75) is 70.0 Å². The summed E-state index contributed by atoms with van der Waals surface area (Å²) in [7, 11) is 0. The maximum atomic E-state index is 13.2. The van der Waals surface area contributed by atoms with E-state index >= 15 is 0 Å². The highest BCUT2D eigenvalue weighted by atomic mass is 16.4. The van der Waals surface area contributed by atoms with Crippen LogP contribution in [0.5, 0.6) is 0 Å². The highest BCUT2D eigenvalue weighted by Crippen LogP contribution is 2.20. The lowest BCUT2D eigenvalue weighted by Crippen LogP contribution is -2.55. The summed E-state index contributed by atoms with van der Waals surface area (Å²) in [5, 5.41) is 17.9. The molecule has 13 nitrogen and oxygen atoms in total. The zero-order valence-corrected chi connectivity index (χ0v) is 19.9. The van der Waals surface area contributed by atoms with Crippen LogP contribution in [0.3, 0.4) is 0 Å². The van der Waals surface area contributed by atoms with E-state index in [0.29, 0.717) is 38.6 Å². The van der Waals surface area contributed by atoms with Crippen LogP contribution in [0, 0.1) is 0 Å². The minimum Gasteiger partial charge on any atom is -0.480 e. The summed E-state index contributed by atoms with van der Waals surface area (Å²) in [6.45, 7) is 4.01. The lowest BCUT2D eigenvalue weighted by atomic mass is 10.1. The van der Waals surface area contributed by atoms with E-state index in [-0.39, 0.29) is 31.4 Å². The largest absolute Gasteiger partial charge is 0.480 e. The number of carbonyl (C=O) groups excluding carboxylic acids is 3.